The van der Waals surface area contributed by atoms with Gasteiger partial charge in [0.2, 0.25) is 0 Å². The third kappa shape index (κ3) is 28.9. The largest absolute Gasteiger partial charge is 0 e. The molecule has 0 N–H and O–H groups in total. The van der Waals surface area contributed by atoms with Crippen LogP contribution in [0.15, 0.2) is 92.1 Å². The molecule has 0 aromatic heterocycles. The average Bonchev–Trinajstić information content (AvgIpc) is 3.83. The monoisotopic (exact) mass is 1300 g/mol. The SMILES string of the molecule is C1=CCCCCCC1.C1CCC([PH+](C2CCCCC2)C2CCCCC2)CC1.Cc1cc(C)c(N2[CH-]N(c3c(C)cc(C)cc3C)CC2)c(C)c1.[CH-]=C.[CH-]=CCCCCCCC=C.[Cl][Ru]([Cl])=[CH]c1ccccc1.[Y].[Y]. The standard InChI is InChI=1S/C21H27N2.C18H33P.C10H17.C8H14.C7H6.C2H3.2ClH.Ru.2Y/c1-14-9-16(3)20(17(4)10-14)22-7-8-23(13-22)21-18(5)11-15(2)12-19(21)6;1-4-10-16(11-5-1)19(17-12-6-2-7-13-17)18-14-8-3-9-15-18;1-3-5-7-9-10-8-6-4-2;1-2-4-6-8-7-5-3-1;1-7-5-3-2-4-6-7;1-2;;;;;/h9-13H,7-8H2,1-6H3;16-18H,1-15H2;1,3-4H,2,5-10H2;1-2H,3-8H2;1-6H;1H,2H2;2*1H;;;/q-1;;-1;;;-1;;;+2;;/p-1. The van der Waals surface area contributed by atoms with Crippen LogP contribution in [0.2, 0.25) is 0 Å². The van der Waals surface area contributed by atoms with Crippen molar-refractivity contribution in [3.8, 4) is 0 Å². The Labute approximate surface area is 522 Å². The number of halogens is 2. The minimum atomic E-state index is -1.61. The van der Waals surface area contributed by atoms with Gasteiger partial charge in [0.25, 0.3) is 0 Å². The Kier molecular flexibility index (Phi) is 43.4. The summed E-state index contributed by atoms with van der Waals surface area (Å²) < 4.78 is 1.92. The maximum atomic E-state index is 5.67. The zero-order chi connectivity index (χ0) is 52.4. The number of hydrogen-bond donors (Lipinski definition) is 0. The fourth-order valence-electron chi connectivity index (χ4n) is 12.0. The maximum absolute atomic E-state index is 5.67. The van der Waals surface area contributed by atoms with Crippen molar-refractivity contribution < 1.29 is 78.9 Å². The molecule has 1 aliphatic heterocycles. The summed E-state index contributed by atoms with van der Waals surface area (Å²) in [5.74, 6) is 0. The molecule has 0 amide bonds. The van der Waals surface area contributed by atoms with Gasteiger partial charge in [-0.25, -0.2) is 0 Å². The smallest absolute Gasteiger partial charge is 0 e. The molecular weight excluding hydrogens is 1200 g/mol. The van der Waals surface area contributed by atoms with Gasteiger partial charge in [-0.05, 0) is 179 Å². The first kappa shape index (κ1) is 71.9. The van der Waals surface area contributed by atoms with Gasteiger partial charge < -0.3 is 23.0 Å². The van der Waals surface area contributed by atoms with Crippen LogP contribution in [0.5, 0.6) is 0 Å². The van der Waals surface area contributed by atoms with Crippen LogP contribution >= 0.6 is 27.3 Å². The van der Waals surface area contributed by atoms with E-state index < -0.39 is 13.5 Å². The molecule has 8 heteroatoms. The van der Waals surface area contributed by atoms with E-state index in [0.717, 1.165) is 31.5 Å². The minimum Gasteiger partial charge on any atom is 0 e. The molecule has 0 unspecified atom stereocenters. The van der Waals surface area contributed by atoms with Crippen molar-refractivity contribution in [2.24, 2.45) is 0 Å². The van der Waals surface area contributed by atoms with Gasteiger partial charge >= 0.3 is 73.4 Å². The average molecular weight is 1300 g/mol. The molecule has 8 rings (SSSR count). The Hall–Kier alpha value is -0.0688. The van der Waals surface area contributed by atoms with E-state index in [1.807, 2.05) is 41.0 Å². The first-order valence-corrected chi connectivity index (χ1v) is 35.7. The zero-order valence-corrected chi connectivity index (χ0v) is 57.6. The Morgan fingerprint density at radius 2 is 0.932 bits per heavy atom. The van der Waals surface area contributed by atoms with E-state index in [1.54, 1.807) is 102 Å². The number of aryl methyl sites for hydroxylation is 6. The minimum absolute atomic E-state index is 0. The van der Waals surface area contributed by atoms with Crippen LogP contribution in [0.4, 0.5) is 11.4 Å². The van der Waals surface area contributed by atoms with E-state index in [2.05, 4.69) is 114 Å². The Balaban J connectivity index is 0.000000482. The molecule has 2 radical (unpaired) electrons. The third-order valence-electron chi connectivity index (χ3n) is 15.1. The molecule has 0 bridgehead atoms. The summed E-state index contributed by atoms with van der Waals surface area (Å²) in [5.41, 5.74) is 15.6. The van der Waals surface area contributed by atoms with E-state index in [4.69, 9.17) is 26.0 Å². The molecule has 4 fully saturated rings. The summed E-state index contributed by atoms with van der Waals surface area (Å²) in [6.07, 6.45) is 47.9. The summed E-state index contributed by atoms with van der Waals surface area (Å²) in [7, 11) is 11.3. The van der Waals surface area contributed by atoms with Crippen LogP contribution in [0.1, 0.15) is 212 Å². The van der Waals surface area contributed by atoms with Crippen molar-refractivity contribution in [3.63, 3.8) is 0 Å². The van der Waals surface area contributed by atoms with Crippen molar-refractivity contribution in [2.45, 2.75) is 232 Å². The molecule has 1 heterocycles. The zero-order valence-electron chi connectivity index (χ0n) is 47.6. The van der Waals surface area contributed by atoms with Crippen LogP contribution in [0.3, 0.4) is 0 Å². The molecule has 4 aliphatic carbocycles. The number of hydrogen-bond acceptors (Lipinski definition) is 2. The number of rotatable bonds is 13. The number of unbranched alkanes of at least 4 members (excludes halogenated alkanes) is 5. The Morgan fingerprint density at radius 1 is 0.568 bits per heavy atom. The fourth-order valence-corrected chi connectivity index (χ4v) is 19.1. The van der Waals surface area contributed by atoms with E-state index >= 15 is 0 Å². The summed E-state index contributed by atoms with van der Waals surface area (Å²) in [5, 5.41) is 0. The van der Waals surface area contributed by atoms with E-state index in [-0.39, 0.29) is 73.3 Å². The predicted molar refractivity (Wildman–Crippen MR) is 326 cm³/mol. The van der Waals surface area contributed by atoms with Crippen molar-refractivity contribution >= 4 is 43.3 Å². The van der Waals surface area contributed by atoms with Crippen molar-refractivity contribution in [2.75, 3.05) is 22.9 Å². The van der Waals surface area contributed by atoms with Gasteiger partial charge in [-0.3, -0.25) is 12.7 Å². The van der Waals surface area contributed by atoms with Crippen molar-refractivity contribution in [1.82, 2.24) is 0 Å². The molecule has 0 spiro atoms. The van der Waals surface area contributed by atoms with Gasteiger partial charge in [0, 0.05) is 97.8 Å². The molecule has 74 heavy (non-hydrogen) atoms. The quantitative estimate of drug-likeness (QED) is 0.0553. The first-order valence-electron chi connectivity index (χ1n) is 28.5. The maximum Gasteiger partial charge on any atom is 0 e. The fraction of sp³-hybridized carbons (Fsp3) is 0.576. The normalized spacial score (nSPS) is 17.1. The van der Waals surface area contributed by atoms with Gasteiger partial charge in [0.15, 0.2) is 0 Å². The number of benzene rings is 3. The summed E-state index contributed by atoms with van der Waals surface area (Å²) in [4.78, 5) is 4.81. The van der Waals surface area contributed by atoms with Gasteiger partial charge in [-0.1, -0.05) is 111 Å². The second kappa shape index (κ2) is 44.7. The van der Waals surface area contributed by atoms with Crippen molar-refractivity contribution in [3.05, 3.63) is 151 Å². The van der Waals surface area contributed by atoms with E-state index in [9.17, 15) is 0 Å². The van der Waals surface area contributed by atoms with Gasteiger partial charge in [-0.2, -0.15) is 6.67 Å². The summed E-state index contributed by atoms with van der Waals surface area (Å²) in [6, 6.07) is 19.0. The topological polar surface area (TPSA) is 6.48 Å². The van der Waals surface area contributed by atoms with Gasteiger partial charge in [0.1, 0.15) is 0 Å². The molecule has 410 valence electrons. The Bertz CT molecular complexity index is 1810. The number of allylic oxidation sites excluding steroid dienone is 4. The van der Waals surface area contributed by atoms with Gasteiger partial charge in [0.05, 0.1) is 17.0 Å². The Morgan fingerprint density at radius 3 is 1.28 bits per heavy atom. The van der Waals surface area contributed by atoms with Crippen LogP contribution in [-0.2, 0) is 78.9 Å². The molecule has 1 saturated heterocycles. The molecule has 3 saturated carbocycles. The van der Waals surface area contributed by atoms with Gasteiger partial charge in [-0.15, -0.1) is 6.58 Å². The second-order valence-electron chi connectivity index (χ2n) is 21.2. The summed E-state index contributed by atoms with van der Waals surface area (Å²) >= 11 is -1.61. The van der Waals surface area contributed by atoms with Crippen LogP contribution in [0.25, 0.3) is 0 Å². The molecule has 2 nitrogen and oxygen atoms in total. The predicted octanol–water partition coefficient (Wildman–Crippen LogP) is 20.9. The molecule has 3 aromatic carbocycles. The molecule has 3 aromatic rings. The molecule has 0 atom stereocenters. The second-order valence-corrected chi connectivity index (χ2v) is 30.4. The first-order chi connectivity index (χ1) is 35.0. The van der Waals surface area contributed by atoms with Crippen LogP contribution < -0.4 is 9.80 Å². The van der Waals surface area contributed by atoms with E-state index in [0.29, 0.717) is 0 Å². The number of nitrogens with zero attached hydrogens (tertiary/aromatic N) is 2. The third-order valence-corrected chi connectivity index (χ3v) is 21.5. The van der Waals surface area contributed by atoms with E-state index in [1.165, 1.54) is 126 Å². The van der Waals surface area contributed by atoms with Crippen LogP contribution in [0, 0.1) is 61.4 Å². The van der Waals surface area contributed by atoms with Crippen LogP contribution in [-0.4, -0.2) is 34.7 Å². The number of anilines is 2. The molecule has 5 aliphatic rings. The molecular formula is C66H101Cl2N2PRuY2-2. The summed E-state index contributed by atoms with van der Waals surface area (Å²) in [6.45, 7) is 33.5. The van der Waals surface area contributed by atoms with Crippen molar-refractivity contribution in [1.29, 1.82) is 0 Å².